The van der Waals surface area contributed by atoms with Crippen LogP contribution in [0.3, 0.4) is 0 Å². The Morgan fingerprint density at radius 3 is 2.78 bits per heavy atom. The number of nitrogens with one attached hydrogen (secondary N) is 1. The van der Waals surface area contributed by atoms with E-state index in [4.69, 9.17) is 27.9 Å². The maximum atomic E-state index is 6.13. The summed E-state index contributed by atoms with van der Waals surface area (Å²) < 4.78 is 6.85. The molecule has 2 rings (SSSR count). The Morgan fingerprint density at radius 2 is 2.17 bits per heavy atom. The standard InChI is InChI=1S/C12H18Cl2N2OS/c1-9(10-8-11(13)18-12(10)14)15-2-3-16-4-6-17-7-5-16/h8-9,15H,2-7H2,1H3. The van der Waals surface area contributed by atoms with Crippen LogP contribution in [0.2, 0.25) is 8.67 Å². The Kier molecular flexibility index (Phi) is 5.73. The third kappa shape index (κ3) is 4.08. The van der Waals surface area contributed by atoms with Crippen molar-refractivity contribution in [1.82, 2.24) is 10.2 Å². The van der Waals surface area contributed by atoms with Gasteiger partial charge in [0.1, 0.15) is 0 Å². The second-order valence-electron chi connectivity index (χ2n) is 4.41. The van der Waals surface area contributed by atoms with Crippen LogP contribution in [0.15, 0.2) is 6.07 Å². The fraction of sp³-hybridized carbons (Fsp3) is 0.667. The van der Waals surface area contributed by atoms with Gasteiger partial charge >= 0.3 is 0 Å². The molecular weight excluding hydrogens is 291 g/mol. The molecule has 18 heavy (non-hydrogen) atoms. The molecule has 0 radical (unpaired) electrons. The highest BCUT2D eigenvalue weighted by atomic mass is 35.5. The number of thiophene rings is 1. The average Bonchev–Trinajstić information content (AvgIpc) is 2.70. The van der Waals surface area contributed by atoms with Gasteiger partial charge in [0.05, 0.1) is 21.9 Å². The van der Waals surface area contributed by atoms with Gasteiger partial charge in [0.15, 0.2) is 0 Å². The number of rotatable bonds is 5. The van der Waals surface area contributed by atoms with E-state index >= 15 is 0 Å². The van der Waals surface area contributed by atoms with E-state index in [1.807, 2.05) is 6.07 Å². The molecule has 102 valence electrons. The zero-order valence-electron chi connectivity index (χ0n) is 10.4. The predicted octanol–water partition coefficient (Wildman–Crippen LogP) is 3.04. The Bertz CT molecular complexity index is 380. The van der Waals surface area contributed by atoms with Crippen LogP contribution in [0, 0.1) is 0 Å². The van der Waals surface area contributed by atoms with Crippen LogP contribution in [0.25, 0.3) is 0 Å². The van der Waals surface area contributed by atoms with E-state index in [-0.39, 0.29) is 6.04 Å². The number of morpholine rings is 1. The summed E-state index contributed by atoms with van der Waals surface area (Å²) in [5.41, 5.74) is 1.09. The van der Waals surface area contributed by atoms with Crippen LogP contribution in [0.5, 0.6) is 0 Å². The van der Waals surface area contributed by atoms with Crippen molar-refractivity contribution in [3.05, 3.63) is 20.3 Å². The SMILES string of the molecule is CC(NCCN1CCOCC1)c1cc(Cl)sc1Cl. The van der Waals surface area contributed by atoms with Crippen molar-refractivity contribution in [1.29, 1.82) is 0 Å². The van der Waals surface area contributed by atoms with Crippen LogP contribution >= 0.6 is 34.5 Å². The van der Waals surface area contributed by atoms with Gasteiger partial charge in [-0.1, -0.05) is 23.2 Å². The first-order chi connectivity index (χ1) is 8.66. The lowest BCUT2D eigenvalue weighted by Crippen LogP contribution is -2.40. The van der Waals surface area contributed by atoms with E-state index in [0.29, 0.717) is 0 Å². The normalized spacial score (nSPS) is 19.1. The highest BCUT2D eigenvalue weighted by Gasteiger charge is 2.14. The summed E-state index contributed by atoms with van der Waals surface area (Å²) in [4.78, 5) is 2.41. The summed E-state index contributed by atoms with van der Waals surface area (Å²) in [7, 11) is 0. The minimum Gasteiger partial charge on any atom is -0.379 e. The van der Waals surface area contributed by atoms with Gasteiger partial charge in [-0.25, -0.2) is 0 Å². The summed E-state index contributed by atoms with van der Waals surface area (Å²) in [6, 6.07) is 2.18. The zero-order chi connectivity index (χ0) is 13.0. The maximum absolute atomic E-state index is 6.13. The van der Waals surface area contributed by atoms with Crippen LogP contribution in [0.4, 0.5) is 0 Å². The van der Waals surface area contributed by atoms with Gasteiger partial charge < -0.3 is 10.1 Å². The molecule has 0 spiro atoms. The first-order valence-electron chi connectivity index (χ1n) is 6.15. The van der Waals surface area contributed by atoms with Gasteiger partial charge in [-0.05, 0) is 18.6 Å². The van der Waals surface area contributed by atoms with Crippen LogP contribution in [-0.2, 0) is 4.74 Å². The van der Waals surface area contributed by atoms with E-state index in [1.165, 1.54) is 11.3 Å². The van der Waals surface area contributed by atoms with Crippen molar-refractivity contribution >= 4 is 34.5 Å². The minimum atomic E-state index is 0.238. The maximum Gasteiger partial charge on any atom is 0.0991 e. The van der Waals surface area contributed by atoms with Crippen molar-refractivity contribution in [2.24, 2.45) is 0 Å². The molecule has 1 fully saturated rings. The third-order valence-electron chi connectivity index (χ3n) is 3.13. The van der Waals surface area contributed by atoms with Gasteiger partial charge in [0, 0.05) is 32.2 Å². The molecule has 1 aliphatic rings. The Balaban J connectivity index is 1.74. The van der Waals surface area contributed by atoms with Crippen molar-refractivity contribution in [2.75, 3.05) is 39.4 Å². The highest BCUT2D eigenvalue weighted by Crippen LogP contribution is 2.34. The Morgan fingerprint density at radius 1 is 1.44 bits per heavy atom. The van der Waals surface area contributed by atoms with Crippen molar-refractivity contribution in [2.45, 2.75) is 13.0 Å². The summed E-state index contributed by atoms with van der Waals surface area (Å²) in [6.45, 7) is 7.86. The topological polar surface area (TPSA) is 24.5 Å². The molecule has 1 N–H and O–H groups in total. The van der Waals surface area contributed by atoms with E-state index < -0.39 is 0 Å². The molecule has 0 aromatic carbocycles. The van der Waals surface area contributed by atoms with E-state index in [1.54, 1.807) is 0 Å². The van der Waals surface area contributed by atoms with Crippen molar-refractivity contribution < 1.29 is 4.74 Å². The quantitative estimate of drug-likeness (QED) is 0.905. The fourth-order valence-corrected chi connectivity index (χ4v) is 3.67. The summed E-state index contributed by atoms with van der Waals surface area (Å²) in [6.07, 6.45) is 0. The van der Waals surface area contributed by atoms with Gasteiger partial charge in [0.25, 0.3) is 0 Å². The molecule has 0 amide bonds. The molecule has 0 saturated carbocycles. The number of ether oxygens (including phenoxy) is 1. The summed E-state index contributed by atoms with van der Waals surface area (Å²) in [5, 5.41) is 3.48. The lowest BCUT2D eigenvalue weighted by Gasteiger charge is -2.27. The fourth-order valence-electron chi connectivity index (χ4n) is 2.02. The zero-order valence-corrected chi connectivity index (χ0v) is 12.7. The van der Waals surface area contributed by atoms with Crippen LogP contribution in [0.1, 0.15) is 18.5 Å². The average molecular weight is 309 g/mol. The molecular formula is C12H18Cl2N2OS. The molecule has 1 aromatic heterocycles. The molecule has 1 unspecified atom stereocenters. The lowest BCUT2D eigenvalue weighted by molar-refractivity contribution is 0.0382. The van der Waals surface area contributed by atoms with Gasteiger partial charge in [-0.3, -0.25) is 4.90 Å². The molecule has 3 nitrogen and oxygen atoms in total. The second kappa shape index (κ2) is 7.08. The molecule has 0 aliphatic carbocycles. The smallest absolute Gasteiger partial charge is 0.0991 e. The third-order valence-corrected chi connectivity index (χ3v) is 4.65. The molecule has 1 aliphatic heterocycles. The van der Waals surface area contributed by atoms with Gasteiger partial charge in [0.2, 0.25) is 0 Å². The lowest BCUT2D eigenvalue weighted by atomic mass is 10.2. The van der Waals surface area contributed by atoms with Crippen LogP contribution in [-0.4, -0.2) is 44.3 Å². The van der Waals surface area contributed by atoms with Crippen molar-refractivity contribution in [3.63, 3.8) is 0 Å². The van der Waals surface area contributed by atoms with Crippen LogP contribution < -0.4 is 5.32 Å². The number of halogens is 2. The first-order valence-corrected chi connectivity index (χ1v) is 7.72. The molecule has 1 saturated heterocycles. The number of nitrogens with zero attached hydrogens (tertiary/aromatic N) is 1. The van der Waals surface area contributed by atoms with Crippen molar-refractivity contribution in [3.8, 4) is 0 Å². The Labute approximate surface area is 122 Å². The highest BCUT2D eigenvalue weighted by molar-refractivity contribution is 7.20. The number of hydrogen-bond donors (Lipinski definition) is 1. The summed E-state index contributed by atoms with van der Waals surface area (Å²) in [5.74, 6) is 0. The molecule has 0 bridgehead atoms. The molecule has 1 aromatic rings. The van der Waals surface area contributed by atoms with Gasteiger partial charge in [-0.2, -0.15) is 0 Å². The van der Waals surface area contributed by atoms with E-state index in [9.17, 15) is 0 Å². The molecule has 1 atom stereocenters. The molecule has 2 heterocycles. The monoisotopic (exact) mass is 308 g/mol. The Hall–Kier alpha value is 0.160. The number of hydrogen-bond acceptors (Lipinski definition) is 4. The van der Waals surface area contributed by atoms with E-state index in [0.717, 1.165) is 53.6 Å². The predicted molar refractivity (Wildman–Crippen MR) is 78.0 cm³/mol. The second-order valence-corrected chi connectivity index (χ2v) is 6.69. The van der Waals surface area contributed by atoms with Gasteiger partial charge in [-0.15, -0.1) is 11.3 Å². The molecule has 6 heteroatoms. The minimum absolute atomic E-state index is 0.238. The van der Waals surface area contributed by atoms with E-state index in [2.05, 4.69) is 17.1 Å². The first kappa shape index (κ1) is 14.6. The largest absolute Gasteiger partial charge is 0.379 e. The summed E-state index contributed by atoms with van der Waals surface area (Å²) >= 11 is 13.5.